The smallest absolute Gasteiger partial charge is 0.132 e. The van der Waals surface area contributed by atoms with Crippen molar-refractivity contribution in [3.05, 3.63) is 82.8 Å². The SMILES string of the molecule is C=C(c1ccc(CCCN2CCC3(CC2)C(=C)Nc2ccc(Cl)cc23)cc1F)N1CC(S(=C)C)C1. The predicted octanol–water partition coefficient (Wildman–Crippen LogP) is 6.37. The maximum Gasteiger partial charge on any atom is 0.132 e. The van der Waals surface area contributed by atoms with Gasteiger partial charge in [0, 0.05) is 51.4 Å². The molecule has 3 heterocycles. The number of rotatable bonds is 7. The van der Waals surface area contributed by atoms with Gasteiger partial charge in [-0.15, -0.1) is 0 Å². The van der Waals surface area contributed by atoms with Crippen molar-refractivity contribution in [2.45, 2.75) is 36.3 Å². The summed E-state index contributed by atoms with van der Waals surface area (Å²) in [4.78, 5) is 4.69. The molecule has 5 rings (SSSR count). The fourth-order valence-electron chi connectivity index (χ4n) is 5.73. The van der Waals surface area contributed by atoms with E-state index in [0.717, 1.165) is 86.1 Å². The molecule has 1 N–H and O–H groups in total. The number of hydrogen-bond acceptors (Lipinski definition) is 3. The van der Waals surface area contributed by atoms with Gasteiger partial charge >= 0.3 is 0 Å². The molecule has 1 atom stereocenters. The van der Waals surface area contributed by atoms with Crippen LogP contribution in [-0.4, -0.2) is 59.9 Å². The second-order valence-corrected chi connectivity index (χ2v) is 12.8. The topological polar surface area (TPSA) is 18.5 Å². The lowest BCUT2D eigenvalue weighted by molar-refractivity contribution is 0.179. The van der Waals surface area contributed by atoms with Crippen molar-refractivity contribution >= 4 is 39.3 Å². The van der Waals surface area contributed by atoms with E-state index >= 15 is 0 Å². The summed E-state index contributed by atoms with van der Waals surface area (Å²) in [5.41, 5.74) is 6.00. The summed E-state index contributed by atoms with van der Waals surface area (Å²) in [6, 6.07) is 11.8. The molecule has 3 aliphatic heterocycles. The minimum absolute atomic E-state index is 0.0132. The van der Waals surface area contributed by atoms with Crippen LogP contribution in [0.3, 0.4) is 0 Å². The van der Waals surface area contributed by atoms with Crippen molar-refractivity contribution in [2.75, 3.05) is 44.3 Å². The molecule has 35 heavy (non-hydrogen) atoms. The zero-order chi connectivity index (χ0) is 24.7. The molecule has 3 aliphatic rings. The van der Waals surface area contributed by atoms with Gasteiger partial charge in [0.1, 0.15) is 5.82 Å². The minimum atomic E-state index is -0.162. The zero-order valence-corrected chi connectivity index (χ0v) is 22.2. The van der Waals surface area contributed by atoms with Crippen molar-refractivity contribution in [3.8, 4) is 0 Å². The standard InChI is InChI=1S/C29H35ClFN3S/c1-20(34-18-24(19-34)35(3)4)25-9-7-22(16-27(25)31)6-5-13-33-14-11-29(12-15-33)21(2)32-28-10-8-23(30)17-26(28)29/h7-10,16-17,24,32H,1-3,5-6,11-15,18-19H2,4H3. The summed E-state index contributed by atoms with van der Waals surface area (Å²) in [7, 11) is 0.159. The highest BCUT2D eigenvalue weighted by Crippen LogP contribution is 2.50. The summed E-state index contributed by atoms with van der Waals surface area (Å²) in [6.07, 6.45) is 6.15. The molecule has 0 saturated carbocycles. The van der Waals surface area contributed by atoms with Crippen LogP contribution < -0.4 is 5.32 Å². The molecule has 0 aromatic heterocycles. The van der Waals surface area contributed by atoms with Gasteiger partial charge in [0.15, 0.2) is 0 Å². The number of likely N-dealkylation sites (tertiary alicyclic amines) is 2. The lowest BCUT2D eigenvalue weighted by Crippen LogP contribution is -2.47. The molecule has 6 heteroatoms. The first kappa shape index (κ1) is 24.6. The highest BCUT2D eigenvalue weighted by molar-refractivity contribution is 8.14. The van der Waals surface area contributed by atoms with Crippen molar-refractivity contribution in [3.63, 3.8) is 0 Å². The van der Waals surface area contributed by atoms with E-state index in [0.29, 0.717) is 10.8 Å². The van der Waals surface area contributed by atoms with E-state index in [9.17, 15) is 4.39 Å². The van der Waals surface area contributed by atoms with Gasteiger partial charge in [-0.05, 0) is 93.0 Å². The lowest BCUT2D eigenvalue weighted by Gasteiger charge is -2.43. The molecule has 0 radical (unpaired) electrons. The lowest BCUT2D eigenvalue weighted by atomic mass is 9.72. The first-order valence-electron chi connectivity index (χ1n) is 12.4. The number of allylic oxidation sites excluding steroid dienone is 1. The Morgan fingerprint density at radius 3 is 2.63 bits per heavy atom. The first-order valence-corrected chi connectivity index (χ1v) is 14.7. The Bertz CT molecular complexity index is 1180. The summed E-state index contributed by atoms with van der Waals surface area (Å²) in [5.74, 6) is 3.97. The van der Waals surface area contributed by atoms with E-state index in [1.165, 1.54) is 5.56 Å². The normalized spacial score (nSPS) is 20.4. The molecule has 2 saturated heterocycles. The maximum absolute atomic E-state index is 14.9. The molecule has 0 bridgehead atoms. The van der Waals surface area contributed by atoms with E-state index in [1.54, 1.807) is 6.07 Å². The average Bonchev–Trinajstić information content (AvgIpc) is 3.04. The molecule has 2 aromatic rings. The van der Waals surface area contributed by atoms with Gasteiger partial charge in [-0.1, -0.05) is 36.7 Å². The Hall–Kier alpha value is -2.08. The van der Waals surface area contributed by atoms with Crippen LogP contribution >= 0.6 is 22.1 Å². The third-order valence-corrected chi connectivity index (χ3v) is 9.82. The van der Waals surface area contributed by atoms with Crippen molar-refractivity contribution in [1.82, 2.24) is 9.80 Å². The summed E-state index contributed by atoms with van der Waals surface area (Å²) in [5, 5.41) is 4.87. The van der Waals surface area contributed by atoms with Crippen molar-refractivity contribution < 1.29 is 4.39 Å². The Balaban J connectivity index is 1.12. The highest BCUT2D eigenvalue weighted by atomic mass is 35.5. The maximum atomic E-state index is 14.9. The fraction of sp³-hybridized carbons (Fsp3) is 0.414. The van der Waals surface area contributed by atoms with Crippen molar-refractivity contribution in [2.24, 2.45) is 0 Å². The number of hydrogen-bond donors (Lipinski definition) is 1. The largest absolute Gasteiger partial charge is 0.369 e. The quantitative estimate of drug-likeness (QED) is 0.436. The Morgan fingerprint density at radius 1 is 1.20 bits per heavy atom. The van der Waals surface area contributed by atoms with E-state index < -0.39 is 0 Å². The fourth-order valence-corrected chi connectivity index (χ4v) is 6.77. The molecule has 1 unspecified atom stereocenters. The van der Waals surface area contributed by atoms with Crippen LogP contribution in [-0.2, 0) is 11.8 Å². The average molecular weight is 512 g/mol. The third-order valence-electron chi connectivity index (χ3n) is 8.15. The number of nitrogens with zero attached hydrogens (tertiary/aromatic N) is 2. The van der Waals surface area contributed by atoms with Crippen LogP contribution in [0.2, 0.25) is 5.02 Å². The van der Waals surface area contributed by atoms with Gasteiger partial charge in [0.25, 0.3) is 0 Å². The number of halogens is 2. The number of fused-ring (bicyclic) bond motifs is 2. The van der Waals surface area contributed by atoms with E-state index in [4.69, 9.17) is 11.6 Å². The molecule has 1 spiro atoms. The first-order chi connectivity index (χ1) is 16.8. The second kappa shape index (κ2) is 9.76. The van der Waals surface area contributed by atoms with Crippen LogP contribution in [0.15, 0.2) is 55.3 Å². The van der Waals surface area contributed by atoms with E-state index in [1.807, 2.05) is 12.1 Å². The Morgan fingerprint density at radius 2 is 1.94 bits per heavy atom. The highest BCUT2D eigenvalue weighted by Gasteiger charge is 2.44. The van der Waals surface area contributed by atoms with Gasteiger partial charge in [-0.2, -0.15) is 10.5 Å². The number of aryl methyl sites for hydroxylation is 1. The van der Waals surface area contributed by atoms with Gasteiger partial charge in [-0.3, -0.25) is 0 Å². The summed E-state index contributed by atoms with van der Waals surface area (Å²) in [6.45, 7) is 13.4. The monoisotopic (exact) mass is 511 g/mol. The molecule has 186 valence electrons. The van der Waals surface area contributed by atoms with Crippen LogP contribution in [0.5, 0.6) is 0 Å². The van der Waals surface area contributed by atoms with Gasteiger partial charge in [-0.25, -0.2) is 4.39 Å². The molecule has 3 nitrogen and oxygen atoms in total. The Labute approximate surface area is 216 Å². The van der Waals surface area contributed by atoms with Gasteiger partial charge < -0.3 is 15.1 Å². The Kier molecular flexibility index (Phi) is 6.86. The van der Waals surface area contributed by atoms with Crippen molar-refractivity contribution in [1.29, 1.82) is 0 Å². The summed E-state index contributed by atoms with van der Waals surface area (Å²) < 4.78 is 14.9. The number of nitrogens with one attached hydrogen (secondary N) is 1. The number of piperidine rings is 1. The molecule has 0 aliphatic carbocycles. The van der Waals surface area contributed by atoms with Gasteiger partial charge in [0.05, 0.1) is 0 Å². The van der Waals surface area contributed by atoms with Crippen LogP contribution in [0.4, 0.5) is 10.1 Å². The van der Waals surface area contributed by atoms with Crippen LogP contribution in [0, 0.1) is 5.82 Å². The molecule has 2 aromatic carbocycles. The molecule has 0 amide bonds. The van der Waals surface area contributed by atoms with Crippen LogP contribution in [0.25, 0.3) is 5.70 Å². The second-order valence-electron chi connectivity index (χ2n) is 10.3. The van der Waals surface area contributed by atoms with E-state index in [2.05, 4.69) is 58.6 Å². The summed E-state index contributed by atoms with van der Waals surface area (Å²) >= 11 is 6.31. The molecular weight excluding hydrogens is 477 g/mol. The predicted molar refractivity (Wildman–Crippen MR) is 151 cm³/mol. The van der Waals surface area contributed by atoms with Gasteiger partial charge in [0.2, 0.25) is 0 Å². The zero-order valence-electron chi connectivity index (χ0n) is 20.6. The molecule has 2 fully saturated rings. The number of anilines is 1. The number of benzene rings is 2. The minimum Gasteiger partial charge on any atom is -0.369 e. The van der Waals surface area contributed by atoms with E-state index in [-0.39, 0.29) is 21.7 Å². The van der Waals surface area contributed by atoms with Crippen LogP contribution in [0.1, 0.15) is 36.0 Å². The third kappa shape index (κ3) is 4.71. The molecular formula is C29H35ClFN3S.